The molecule has 1 aliphatic carbocycles. The molecule has 0 spiro atoms. The number of nitrogens with two attached hydrogens (primary N) is 1. The lowest BCUT2D eigenvalue weighted by Crippen LogP contribution is -2.17. The molecule has 0 bridgehead atoms. The Morgan fingerprint density at radius 2 is 2.26 bits per heavy atom. The molecule has 0 saturated heterocycles. The van der Waals surface area contributed by atoms with Crippen molar-refractivity contribution >= 4 is 29.7 Å². The zero-order valence-corrected chi connectivity index (χ0v) is 12.3. The fourth-order valence-electron chi connectivity index (χ4n) is 2.25. The number of rotatable bonds is 4. The van der Waals surface area contributed by atoms with Gasteiger partial charge >= 0.3 is 0 Å². The number of ether oxygens (including phenoxy) is 1. The Kier molecular flexibility index (Phi) is 4.69. The normalized spacial score (nSPS) is 24.3. The predicted octanol–water partition coefficient (Wildman–Crippen LogP) is 3.07. The van der Waals surface area contributed by atoms with Gasteiger partial charge in [-0.1, -0.05) is 13.8 Å². The summed E-state index contributed by atoms with van der Waals surface area (Å²) in [5.74, 6) is 0.840. The molecule has 1 aliphatic rings. The van der Waals surface area contributed by atoms with E-state index in [1.54, 1.807) is 25.3 Å². The minimum atomic E-state index is 0. The quantitative estimate of drug-likeness (QED) is 0.835. The first-order valence-corrected chi connectivity index (χ1v) is 6.24. The molecule has 2 atom stereocenters. The molecule has 1 saturated carbocycles. The van der Waals surface area contributed by atoms with Gasteiger partial charge < -0.3 is 15.8 Å². The van der Waals surface area contributed by atoms with Crippen LogP contribution in [0.2, 0.25) is 0 Å². The number of anilines is 2. The van der Waals surface area contributed by atoms with Crippen molar-refractivity contribution in [1.29, 1.82) is 0 Å². The van der Waals surface area contributed by atoms with E-state index < -0.39 is 0 Å². The number of carbonyl (C=O) groups excluding carboxylic acids is 1. The molecular weight excluding hydrogens is 264 g/mol. The van der Waals surface area contributed by atoms with Gasteiger partial charge in [0.15, 0.2) is 0 Å². The zero-order chi connectivity index (χ0) is 13.3. The van der Waals surface area contributed by atoms with Crippen LogP contribution in [-0.4, -0.2) is 13.0 Å². The number of nitrogens with one attached hydrogen (secondary N) is 1. The van der Waals surface area contributed by atoms with Gasteiger partial charge in [-0.15, -0.1) is 12.4 Å². The third-order valence-electron chi connectivity index (χ3n) is 3.97. The van der Waals surface area contributed by atoms with Crippen LogP contribution >= 0.6 is 12.4 Å². The molecule has 2 unspecified atom stereocenters. The molecule has 0 aliphatic heterocycles. The second-order valence-corrected chi connectivity index (χ2v) is 5.21. The molecule has 5 heteroatoms. The molecule has 1 fully saturated rings. The highest BCUT2D eigenvalue weighted by molar-refractivity contribution is 5.95. The van der Waals surface area contributed by atoms with E-state index in [4.69, 9.17) is 10.5 Å². The van der Waals surface area contributed by atoms with Crippen LogP contribution in [0.1, 0.15) is 26.7 Å². The predicted molar refractivity (Wildman–Crippen MR) is 79.8 cm³/mol. The second-order valence-electron chi connectivity index (χ2n) is 5.21. The molecule has 1 aromatic rings. The SMILES string of the molecule is CCC1(C)CC1C(=O)Nc1ccc(OC)c(N)c1.Cl. The molecule has 0 radical (unpaired) electrons. The summed E-state index contributed by atoms with van der Waals surface area (Å²) in [5.41, 5.74) is 7.24. The average molecular weight is 285 g/mol. The summed E-state index contributed by atoms with van der Waals surface area (Å²) in [6.45, 7) is 4.28. The van der Waals surface area contributed by atoms with Crippen molar-refractivity contribution in [2.24, 2.45) is 11.3 Å². The van der Waals surface area contributed by atoms with E-state index in [1.807, 2.05) is 0 Å². The van der Waals surface area contributed by atoms with E-state index in [9.17, 15) is 4.79 Å². The first-order chi connectivity index (χ1) is 8.50. The van der Waals surface area contributed by atoms with Gasteiger partial charge in [0.1, 0.15) is 5.75 Å². The molecule has 1 amide bonds. The van der Waals surface area contributed by atoms with Crippen LogP contribution in [0.5, 0.6) is 5.75 Å². The Balaban J connectivity index is 0.00000180. The van der Waals surface area contributed by atoms with Crippen LogP contribution in [0.25, 0.3) is 0 Å². The molecule has 106 valence electrons. The van der Waals surface area contributed by atoms with Crippen molar-refractivity contribution in [3.05, 3.63) is 18.2 Å². The molecular formula is C14H21ClN2O2. The number of amides is 1. The van der Waals surface area contributed by atoms with Crippen LogP contribution in [0, 0.1) is 11.3 Å². The number of methoxy groups -OCH3 is 1. The molecule has 19 heavy (non-hydrogen) atoms. The Morgan fingerprint density at radius 1 is 1.58 bits per heavy atom. The van der Waals surface area contributed by atoms with E-state index in [0.717, 1.165) is 18.5 Å². The number of halogens is 1. The molecule has 1 aromatic carbocycles. The summed E-state index contributed by atoms with van der Waals surface area (Å²) in [5, 5.41) is 2.91. The summed E-state index contributed by atoms with van der Waals surface area (Å²) in [4.78, 5) is 12.0. The lowest BCUT2D eigenvalue weighted by molar-refractivity contribution is -0.118. The molecule has 3 N–H and O–H groups in total. The molecule has 2 rings (SSSR count). The van der Waals surface area contributed by atoms with Gasteiger partial charge in [0.25, 0.3) is 0 Å². The third-order valence-corrected chi connectivity index (χ3v) is 3.97. The summed E-state index contributed by atoms with van der Waals surface area (Å²) in [6, 6.07) is 5.29. The topological polar surface area (TPSA) is 64.3 Å². The fourth-order valence-corrected chi connectivity index (χ4v) is 2.25. The monoisotopic (exact) mass is 284 g/mol. The van der Waals surface area contributed by atoms with Crippen LogP contribution in [0.3, 0.4) is 0 Å². The highest BCUT2D eigenvalue weighted by Gasteiger charge is 2.52. The van der Waals surface area contributed by atoms with E-state index in [2.05, 4.69) is 19.2 Å². The number of nitrogen functional groups attached to an aromatic ring is 1. The molecule has 4 nitrogen and oxygen atoms in total. The number of hydrogen-bond donors (Lipinski definition) is 2. The third kappa shape index (κ3) is 3.13. The highest BCUT2D eigenvalue weighted by Crippen LogP contribution is 2.55. The van der Waals surface area contributed by atoms with E-state index in [1.165, 1.54) is 0 Å². The van der Waals surface area contributed by atoms with Gasteiger partial charge in [-0.25, -0.2) is 0 Å². The summed E-state index contributed by atoms with van der Waals surface area (Å²) in [7, 11) is 1.57. The number of hydrogen-bond acceptors (Lipinski definition) is 3. The zero-order valence-electron chi connectivity index (χ0n) is 11.5. The van der Waals surface area contributed by atoms with Crippen molar-refractivity contribution < 1.29 is 9.53 Å². The van der Waals surface area contributed by atoms with Crippen molar-refractivity contribution in [2.45, 2.75) is 26.7 Å². The summed E-state index contributed by atoms with van der Waals surface area (Å²) < 4.78 is 5.08. The van der Waals surface area contributed by atoms with Gasteiger partial charge in [0.05, 0.1) is 12.8 Å². The Labute approximate surface area is 120 Å². The van der Waals surface area contributed by atoms with Crippen LogP contribution in [0.4, 0.5) is 11.4 Å². The lowest BCUT2D eigenvalue weighted by atomic mass is 10.0. The van der Waals surface area contributed by atoms with Crippen molar-refractivity contribution in [1.82, 2.24) is 0 Å². The smallest absolute Gasteiger partial charge is 0.228 e. The van der Waals surface area contributed by atoms with E-state index >= 15 is 0 Å². The largest absolute Gasteiger partial charge is 0.495 e. The Bertz CT molecular complexity index is 479. The van der Waals surface area contributed by atoms with Gasteiger partial charge in [-0.3, -0.25) is 4.79 Å². The van der Waals surface area contributed by atoms with Gasteiger partial charge in [0, 0.05) is 11.6 Å². The van der Waals surface area contributed by atoms with Gasteiger partial charge in [-0.2, -0.15) is 0 Å². The maximum atomic E-state index is 12.0. The summed E-state index contributed by atoms with van der Waals surface area (Å²) >= 11 is 0. The first kappa shape index (κ1) is 15.6. The average Bonchev–Trinajstić information content (AvgIpc) is 3.03. The van der Waals surface area contributed by atoms with E-state index in [-0.39, 0.29) is 29.6 Å². The Morgan fingerprint density at radius 3 is 2.74 bits per heavy atom. The van der Waals surface area contributed by atoms with E-state index in [0.29, 0.717) is 11.4 Å². The van der Waals surface area contributed by atoms with Crippen molar-refractivity contribution in [2.75, 3.05) is 18.2 Å². The van der Waals surface area contributed by atoms with Crippen molar-refractivity contribution in [3.63, 3.8) is 0 Å². The van der Waals surface area contributed by atoms with Crippen LogP contribution < -0.4 is 15.8 Å². The van der Waals surface area contributed by atoms with Crippen LogP contribution in [-0.2, 0) is 4.79 Å². The minimum Gasteiger partial charge on any atom is -0.495 e. The Hall–Kier alpha value is -1.42. The highest BCUT2D eigenvalue weighted by atomic mass is 35.5. The van der Waals surface area contributed by atoms with Gasteiger partial charge in [0.2, 0.25) is 5.91 Å². The summed E-state index contributed by atoms with van der Waals surface area (Å²) in [6.07, 6.45) is 2.01. The van der Waals surface area contributed by atoms with Crippen LogP contribution in [0.15, 0.2) is 18.2 Å². The number of benzene rings is 1. The standard InChI is InChI=1S/C14H20N2O2.ClH/c1-4-14(2)8-10(14)13(17)16-9-5-6-12(18-3)11(15)7-9;/h5-7,10H,4,8,15H2,1-3H3,(H,16,17);1H. The molecule has 0 heterocycles. The second kappa shape index (κ2) is 5.70. The first-order valence-electron chi connectivity index (χ1n) is 6.24. The maximum absolute atomic E-state index is 12.0. The minimum absolute atomic E-state index is 0. The van der Waals surface area contributed by atoms with Crippen molar-refractivity contribution in [3.8, 4) is 5.75 Å². The van der Waals surface area contributed by atoms with Gasteiger partial charge in [-0.05, 0) is 36.5 Å². The molecule has 0 aromatic heterocycles. The maximum Gasteiger partial charge on any atom is 0.228 e. The fraction of sp³-hybridized carbons (Fsp3) is 0.500. The number of carbonyl (C=O) groups is 1. The lowest BCUT2D eigenvalue weighted by Gasteiger charge is -2.10.